The van der Waals surface area contributed by atoms with Gasteiger partial charge >= 0.3 is 0 Å². The first-order valence-corrected chi connectivity index (χ1v) is 6.70. The van der Waals surface area contributed by atoms with Crippen LogP contribution in [0.4, 0.5) is 0 Å². The molecule has 1 aliphatic carbocycles. The molecule has 2 N–H and O–H groups in total. The van der Waals surface area contributed by atoms with Crippen LogP contribution in [0.5, 0.6) is 0 Å². The molecule has 1 aliphatic rings. The minimum Gasteiger partial charge on any atom is -0.360 e. The zero-order chi connectivity index (χ0) is 11.7. The van der Waals surface area contributed by atoms with Gasteiger partial charge in [0.2, 0.25) is 0 Å². The van der Waals surface area contributed by atoms with E-state index in [4.69, 9.17) is 11.6 Å². The quantitative estimate of drug-likeness (QED) is 0.779. The molecule has 0 bridgehead atoms. The number of fused-ring (bicyclic) bond motifs is 1. The van der Waals surface area contributed by atoms with Crippen molar-refractivity contribution in [2.45, 2.75) is 31.7 Å². The van der Waals surface area contributed by atoms with Crippen molar-refractivity contribution < 1.29 is 0 Å². The molecule has 1 aromatic carbocycles. The van der Waals surface area contributed by atoms with Crippen molar-refractivity contribution in [2.75, 3.05) is 6.54 Å². The molecule has 1 saturated carbocycles. The Morgan fingerprint density at radius 3 is 3.06 bits per heavy atom. The first-order valence-electron chi connectivity index (χ1n) is 6.32. The number of aromatic nitrogens is 1. The predicted octanol–water partition coefficient (Wildman–Crippen LogP) is 3.51. The van der Waals surface area contributed by atoms with Crippen molar-refractivity contribution in [3.05, 3.63) is 35.0 Å². The van der Waals surface area contributed by atoms with Gasteiger partial charge in [0.1, 0.15) is 0 Å². The summed E-state index contributed by atoms with van der Waals surface area (Å²) in [7, 11) is 0. The van der Waals surface area contributed by atoms with Gasteiger partial charge in [0.15, 0.2) is 0 Å². The third-order valence-electron chi connectivity index (χ3n) is 3.38. The van der Waals surface area contributed by atoms with E-state index < -0.39 is 0 Å². The highest BCUT2D eigenvalue weighted by molar-refractivity contribution is 6.35. The molecule has 0 radical (unpaired) electrons. The van der Waals surface area contributed by atoms with E-state index in [1.807, 2.05) is 12.1 Å². The van der Waals surface area contributed by atoms with Crippen LogP contribution in [0, 0.1) is 0 Å². The number of aromatic amines is 1. The van der Waals surface area contributed by atoms with Crippen LogP contribution in [0.3, 0.4) is 0 Å². The van der Waals surface area contributed by atoms with Gasteiger partial charge in [-0.2, -0.15) is 0 Å². The first-order chi connectivity index (χ1) is 8.34. The summed E-state index contributed by atoms with van der Waals surface area (Å²) in [6, 6.07) is 6.90. The molecule has 17 heavy (non-hydrogen) atoms. The third kappa shape index (κ3) is 2.48. The van der Waals surface area contributed by atoms with E-state index in [2.05, 4.69) is 22.6 Å². The first kappa shape index (κ1) is 11.1. The number of hydrogen-bond acceptors (Lipinski definition) is 1. The van der Waals surface area contributed by atoms with Gasteiger partial charge in [-0.05, 0) is 43.9 Å². The molecule has 1 aromatic heterocycles. The van der Waals surface area contributed by atoms with E-state index >= 15 is 0 Å². The average Bonchev–Trinajstić information content (AvgIpc) is 3.06. The second-order valence-corrected chi connectivity index (χ2v) is 5.22. The van der Waals surface area contributed by atoms with Gasteiger partial charge < -0.3 is 10.3 Å². The van der Waals surface area contributed by atoms with E-state index in [0.717, 1.165) is 29.5 Å². The fourth-order valence-corrected chi connectivity index (χ4v) is 2.48. The molecule has 90 valence electrons. The molecular weight excluding hydrogens is 232 g/mol. The van der Waals surface area contributed by atoms with Gasteiger partial charge in [0, 0.05) is 17.6 Å². The molecule has 2 aromatic rings. The normalized spacial score (nSPS) is 15.6. The summed E-state index contributed by atoms with van der Waals surface area (Å²) in [5, 5.41) is 5.62. The van der Waals surface area contributed by atoms with Crippen LogP contribution in [0.25, 0.3) is 10.9 Å². The highest BCUT2D eigenvalue weighted by atomic mass is 35.5. The summed E-state index contributed by atoms with van der Waals surface area (Å²) >= 11 is 6.14. The van der Waals surface area contributed by atoms with Crippen molar-refractivity contribution in [3.8, 4) is 0 Å². The fraction of sp³-hybridized carbons (Fsp3) is 0.429. The van der Waals surface area contributed by atoms with E-state index in [9.17, 15) is 0 Å². The van der Waals surface area contributed by atoms with Crippen molar-refractivity contribution in [2.24, 2.45) is 0 Å². The lowest BCUT2D eigenvalue weighted by Crippen LogP contribution is -2.17. The molecule has 0 saturated heterocycles. The van der Waals surface area contributed by atoms with Crippen molar-refractivity contribution in [3.63, 3.8) is 0 Å². The molecule has 3 rings (SSSR count). The highest BCUT2D eigenvalue weighted by Gasteiger charge is 2.19. The van der Waals surface area contributed by atoms with Crippen molar-refractivity contribution >= 4 is 22.5 Å². The summed E-state index contributed by atoms with van der Waals surface area (Å²) < 4.78 is 0. The Morgan fingerprint density at radius 2 is 2.24 bits per heavy atom. The standard InChI is InChI=1S/C14H17ClN2/c15-13-5-1-4-12-10(9-17-14(12)13)3-2-8-16-11-6-7-11/h1,4-5,9,11,16-17H,2-3,6-8H2. The van der Waals surface area contributed by atoms with Crippen molar-refractivity contribution in [1.82, 2.24) is 10.3 Å². The third-order valence-corrected chi connectivity index (χ3v) is 3.70. The van der Waals surface area contributed by atoms with E-state index in [0.29, 0.717) is 0 Å². The zero-order valence-corrected chi connectivity index (χ0v) is 10.6. The van der Waals surface area contributed by atoms with E-state index in [1.54, 1.807) is 0 Å². The average molecular weight is 249 g/mol. The second kappa shape index (κ2) is 4.71. The Labute approximate surface area is 106 Å². The molecule has 3 heteroatoms. The number of para-hydroxylation sites is 1. The Hall–Kier alpha value is -0.990. The molecule has 0 aliphatic heterocycles. The summed E-state index contributed by atoms with van der Waals surface area (Å²) in [6.07, 6.45) is 7.12. The summed E-state index contributed by atoms with van der Waals surface area (Å²) in [5.74, 6) is 0. The van der Waals surface area contributed by atoms with Gasteiger partial charge in [-0.1, -0.05) is 23.7 Å². The highest BCUT2D eigenvalue weighted by Crippen LogP contribution is 2.26. The second-order valence-electron chi connectivity index (χ2n) is 4.81. The number of rotatable bonds is 5. The lowest BCUT2D eigenvalue weighted by atomic mass is 10.1. The molecule has 0 atom stereocenters. The number of aryl methyl sites for hydroxylation is 1. The van der Waals surface area contributed by atoms with Gasteiger partial charge in [-0.15, -0.1) is 0 Å². The van der Waals surface area contributed by atoms with Crippen LogP contribution in [0.2, 0.25) is 5.02 Å². The summed E-state index contributed by atoms with van der Waals surface area (Å²) in [6.45, 7) is 1.12. The summed E-state index contributed by atoms with van der Waals surface area (Å²) in [5.41, 5.74) is 2.44. The number of nitrogens with one attached hydrogen (secondary N) is 2. The minimum absolute atomic E-state index is 0.810. The van der Waals surface area contributed by atoms with Crippen LogP contribution in [-0.4, -0.2) is 17.6 Å². The van der Waals surface area contributed by atoms with Gasteiger partial charge in [0.25, 0.3) is 0 Å². The topological polar surface area (TPSA) is 27.8 Å². The zero-order valence-electron chi connectivity index (χ0n) is 9.80. The lowest BCUT2D eigenvalue weighted by molar-refractivity contribution is 0.646. The molecule has 1 fully saturated rings. The molecule has 2 nitrogen and oxygen atoms in total. The van der Waals surface area contributed by atoms with Gasteiger partial charge in [-0.3, -0.25) is 0 Å². The lowest BCUT2D eigenvalue weighted by Gasteiger charge is -2.02. The minimum atomic E-state index is 0.810. The van der Waals surface area contributed by atoms with Crippen LogP contribution in [0.15, 0.2) is 24.4 Å². The Bertz CT molecular complexity index is 514. The smallest absolute Gasteiger partial charge is 0.0647 e. The maximum Gasteiger partial charge on any atom is 0.0647 e. The van der Waals surface area contributed by atoms with Crippen LogP contribution in [-0.2, 0) is 6.42 Å². The van der Waals surface area contributed by atoms with E-state index in [1.165, 1.54) is 30.2 Å². The van der Waals surface area contributed by atoms with Crippen LogP contribution < -0.4 is 5.32 Å². The molecule has 0 unspecified atom stereocenters. The maximum atomic E-state index is 6.14. The maximum absolute atomic E-state index is 6.14. The Morgan fingerprint density at radius 1 is 1.35 bits per heavy atom. The van der Waals surface area contributed by atoms with Gasteiger partial charge in [0.05, 0.1) is 10.5 Å². The largest absolute Gasteiger partial charge is 0.360 e. The Kier molecular flexibility index (Phi) is 3.08. The Balaban J connectivity index is 1.65. The number of H-pyrrole nitrogens is 1. The van der Waals surface area contributed by atoms with Gasteiger partial charge in [-0.25, -0.2) is 0 Å². The molecule has 1 heterocycles. The molecular formula is C14H17ClN2. The number of benzene rings is 1. The SMILES string of the molecule is Clc1cccc2c(CCCNC3CC3)c[nH]c12. The van der Waals surface area contributed by atoms with Crippen LogP contribution in [0.1, 0.15) is 24.8 Å². The molecule has 0 amide bonds. The van der Waals surface area contributed by atoms with E-state index in [-0.39, 0.29) is 0 Å². The van der Waals surface area contributed by atoms with Crippen molar-refractivity contribution in [1.29, 1.82) is 0 Å². The summed E-state index contributed by atoms with van der Waals surface area (Å²) in [4.78, 5) is 3.27. The predicted molar refractivity (Wildman–Crippen MR) is 72.7 cm³/mol. The monoisotopic (exact) mass is 248 g/mol. The fourth-order valence-electron chi connectivity index (χ4n) is 2.25. The number of halogens is 1. The van der Waals surface area contributed by atoms with Crippen LogP contribution >= 0.6 is 11.6 Å². The molecule has 0 spiro atoms. The number of hydrogen-bond donors (Lipinski definition) is 2.